The number of hydrogen-bond donors (Lipinski definition) is 1. The molecule has 140 valence electrons. The zero-order chi connectivity index (χ0) is 19.4. The lowest BCUT2D eigenvalue weighted by atomic mass is 10.1. The van der Waals surface area contributed by atoms with Crippen LogP contribution in [-0.2, 0) is 19.1 Å². The Morgan fingerprint density at radius 1 is 1.07 bits per heavy atom. The van der Waals surface area contributed by atoms with Crippen molar-refractivity contribution < 1.29 is 19.1 Å². The first-order valence-electron chi connectivity index (χ1n) is 8.84. The maximum absolute atomic E-state index is 12.4. The molecule has 1 atom stereocenters. The van der Waals surface area contributed by atoms with Gasteiger partial charge >= 0.3 is 5.97 Å². The van der Waals surface area contributed by atoms with E-state index in [0.717, 1.165) is 16.8 Å². The molecule has 2 amide bonds. The van der Waals surface area contributed by atoms with Crippen LogP contribution in [-0.4, -0.2) is 30.9 Å². The van der Waals surface area contributed by atoms with Gasteiger partial charge in [-0.1, -0.05) is 36.4 Å². The van der Waals surface area contributed by atoms with Gasteiger partial charge in [-0.15, -0.1) is 0 Å². The summed E-state index contributed by atoms with van der Waals surface area (Å²) in [6, 6.07) is 14.8. The van der Waals surface area contributed by atoms with E-state index in [-0.39, 0.29) is 25.5 Å². The van der Waals surface area contributed by atoms with Crippen LogP contribution < -0.4 is 10.2 Å². The molecule has 0 aromatic heterocycles. The molecule has 1 heterocycles. The average Bonchev–Trinajstić information content (AvgIpc) is 3.02. The lowest BCUT2D eigenvalue weighted by molar-refractivity contribution is -0.151. The summed E-state index contributed by atoms with van der Waals surface area (Å²) < 4.78 is 5.12. The standard InChI is InChI=1S/C21H22N2O4/c1-14-7-6-8-15(2)20(14)23-12-16(11-19(23)25)21(26)27-13-18(24)22-17-9-4-3-5-10-17/h3-10,16H,11-13H2,1-2H3,(H,22,24)/t16-/m1/s1. The van der Waals surface area contributed by atoms with Crippen LogP contribution in [0, 0.1) is 19.8 Å². The number of anilines is 2. The molecule has 1 saturated heterocycles. The molecular weight excluding hydrogens is 344 g/mol. The second-order valence-corrected chi connectivity index (χ2v) is 6.67. The Bertz CT molecular complexity index is 843. The molecule has 0 bridgehead atoms. The maximum atomic E-state index is 12.4. The van der Waals surface area contributed by atoms with Gasteiger partial charge in [-0.3, -0.25) is 14.4 Å². The molecule has 0 spiro atoms. The van der Waals surface area contributed by atoms with Crippen molar-refractivity contribution in [2.75, 3.05) is 23.4 Å². The van der Waals surface area contributed by atoms with Crippen molar-refractivity contribution in [2.45, 2.75) is 20.3 Å². The molecule has 0 radical (unpaired) electrons. The quantitative estimate of drug-likeness (QED) is 0.826. The van der Waals surface area contributed by atoms with Crippen molar-refractivity contribution >= 4 is 29.2 Å². The first-order chi connectivity index (χ1) is 13.0. The number of para-hydroxylation sites is 2. The van der Waals surface area contributed by atoms with Crippen LogP contribution in [0.15, 0.2) is 48.5 Å². The predicted molar refractivity (Wildman–Crippen MR) is 102 cm³/mol. The second kappa shape index (κ2) is 8.03. The van der Waals surface area contributed by atoms with Gasteiger partial charge in [-0.2, -0.15) is 0 Å². The summed E-state index contributed by atoms with van der Waals surface area (Å²) in [5.41, 5.74) is 3.45. The number of benzene rings is 2. The molecule has 2 aromatic rings. The minimum Gasteiger partial charge on any atom is -0.455 e. The number of nitrogens with one attached hydrogen (secondary N) is 1. The number of hydrogen-bond acceptors (Lipinski definition) is 4. The maximum Gasteiger partial charge on any atom is 0.311 e. The van der Waals surface area contributed by atoms with Crippen molar-refractivity contribution in [1.29, 1.82) is 0 Å². The minimum atomic E-state index is -0.568. The number of rotatable bonds is 5. The third-order valence-corrected chi connectivity index (χ3v) is 4.57. The van der Waals surface area contributed by atoms with E-state index in [1.165, 1.54) is 0 Å². The van der Waals surface area contributed by atoms with E-state index >= 15 is 0 Å². The Morgan fingerprint density at radius 2 is 1.74 bits per heavy atom. The van der Waals surface area contributed by atoms with Crippen LogP contribution in [0.3, 0.4) is 0 Å². The van der Waals surface area contributed by atoms with Crippen LogP contribution >= 0.6 is 0 Å². The summed E-state index contributed by atoms with van der Waals surface area (Å²) >= 11 is 0. The van der Waals surface area contributed by atoms with Gasteiger partial charge < -0.3 is 15.0 Å². The fraction of sp³-hybridized carbons (Fsp3) is 0.286. The zero-order valence-corrected chi connectivity index (χ0v) is 15.4. The van der Waals surface area contributed by atoms with Gasteiger partial charge in [0.1, 0.15) is 0 Å². The van der Waals surface area contributed by atoms with Gasteiger partial charge in [0, 0.05) is 24.3 Å². The van der Waals surface area contributed by atoms with Crippen molar-refractivity contribution in [3.05, 3.63) is 59.7 Å². The topological polar surface area (TPSA) is 75.7 Å². The smallest absolute Gasteiger partial charge is 0.311 e. The highest BCUT2D eigenvalue weighted by Crippen LogP contribution is 2.31. The summed E-state index contributed by atoms with van der Waals surface area (Å²) in [6.07, 6.45) is 0.0902. The highest BCUT2D eigenvalue weighted by molar-refractivity contribution is 6.01. The first kappa shape index (κ1) is 18.6. The van der Waals surface area contributed by atoms with Gasteiger partial charge in [0.05, 0.1) is 5.92 Å². The molecule has 6 heteroatoms. The van der Waals surface area contributed by atoms with Gasteiger partial charge in [-0.25, -0.2) is 0 Å². The zero-order valence-electron chi connectivity index (χ0n) is 15.4. The minimum absolute atomic E-state index is 0.0902. The molecule has 0 aliphatic carbocycles. The van der Waals surface area contributed by atoms with Crippen LogP contribution in [0.2, 0.25) is 0 Å². The number of amides is 2. The van der Waals surface area contributed by atoms with E-state index in [1.54, 1.807) is 29.2 Å². The number of nitrogens with zero attached hydrogens (tertiary/aromatic N) is 1. The largest absolute Gasteiger partial charge is 0.455 e. The van der Waals surface area contributed by atoms with Gasteiger partial charge in [0.25, 0.3) is 5.91 Å². The fourth-order valence-electron chi connectivity index (χ4n) is 3.29. The van der Waals surface area contributed by atoms with Gasteiger partial charge in [0.2, 0.25) is 5.91 Å². The highest BCUT2D eigenvalue weighted by Gasteiger charge is 2.37. The molecule has 0 unspecified atom stereocenters. The van der Waals surface area contributed by atoms with E-state index in [9.17, 15) is 14.4 Å². The Kier molecular flexibility index (Phi) is 5.54. The Hall–Kier alpha value is -3.15. The Balaban J connectivity index is 1.57. The number of carbonyl (C=O) groups excluding carboxylic acids is 3. The van der Waals surface area contributed by atoms with E-state index < -0.39 is 17.8 Å². The summed E-state index contributed by atoms with van der Waals surface area (Å²) in [5, 5.41) is 2.65. The molecule has 27 heavy (non-hydrogen) atoms. The number of carbonyl (C=O) groups is 3. The number of aryl methyl sites for hydroxylation is 2. The van der Waals surface area contributed by atoms with Gasteiger partial charge in [0.15, 0.2) is 6.61 Å². The lowest BCUT2D eigenvalue weighted by Gasteiger charge is -2.21. The van der Waals surface area contributed by atoms with E-state index in [0.29, 0.717) is 5.69 Å². The number of ether oxygens (including phenoxy) is 1. The first-order valence-corrected chi connectivity index (χ1v) is 8.84. The van der Waals surface area contributed by atoms with E-state index in [1.807, 2.05) is 38.1 Å². The van der Waals surface area contributed by atoms with Crippen molar-refractivity contribution in [2.24, 2.45) is 5.92 Å². The third-order valence-electron chi connectivity index (χ3n) is 4.57. The summed E-state index contributed by atoms with van der Waals surface area (Å²) in [4.78, 5) is 38.3. The van der Waals surface area contributed by atoms with Crippen molar-refractivity contribution in [3.8, 4) is 0 Å². The SMILES string of the molecule is Cc1cccc(C)c1N1C[C@H](C(=O)OCC(=O)Nc2ccccc2)CC1=O. The molecule has 3 rings (SSSR count). The monoisotopic (exact) mass is 366 g/mol. The number of esters is 1. The normalized spacial score (nSPS) is 16.3. The second-order valence-electron chi connectivity index (χ2n) is 6.67. The lowest BCUT2D eigenvalue weighted by Crippen LogP contribution is -2.29. The summed E-state index contributed by atoms with van der Waals surface area (Å²) in [5.74, 6) is -1.62. The molecule has 2 aromatic carbocycles. The van der Waals surface area contributed by atoms with E-state index in [4.69, 9.17) is 4.74 Å². The summed E-state index contributed by atoms with van der Waals surface area (Å²) in [7, 11) is 0. The van der Waals surface area contributed by atoms with Gasteiger partial charge in [-0.05, 0) is 37.1 Å². The molecule has 0 saturated carbocycles. The Labute approximate surface area is 158 Å². The summed E-state index contributed by atoms with van der Waals surface area (Å²) in [6.45, 7) is 3.77. The molecule has 6 nitrogen and oxygen atoms in total. The van der Waals surface area contributed by atoms with Crippen molar-refractivity contribution in [3.63, 3.8) is 0 Å². The molecule has 1 N–H and O–H groups in total. The third kappa shape index (κ3) is 4.34. The van der Waals surface area contributed by atoms with Crippen molar-refractivity contribution in [1.82, 2.24) is 0 Å². The Morgan fingerprint density at radius 3 is 2.41 bits per heavy atom. The average molecular weight is 366 g/mol. The van der Waals surface area contributed by atoms with Crippen LogP contribution in [0.4, 0.5) is 11.4 Å². The van der Waals surface area contributed by atoms with Crippen LogP contribution in [0.25, 0.3) is 0 Å². The van der Waals surface area contributed by atoms with Crippen LogP contribution in [0.5, 0.6) is 0 Å². The molecule has 1 aliphatic rings. The predicted octanol–water partition coefficient (Wildman–Crippen LogP) is 2.84. The molecule has 1 aliphatic heterocycles. The van der Waals surface area contributed by atoms with Crippen LogP contribution in [0.1, 0.15) is 17.5 Å². The molecule has 1 fully saturated rings. The molecular formula is C21H22N2O4. The van der Waals surface area contributed by atoms with E-state index in [2.05, 4.69) is 5.32 Å². The highest BCUT2D eigenvalue weighted by atomic mass is 16.5. The fourth-order valence-corrected chi connectivity index (χ4v) is 3.29.